The molecule has 0 aliphatic carbocycles. The maximum absolute atomic E-state index is 12.4. The van der Waals surface area contributed by atoms with Gasteiger partial charge in [-0.1, -0.05) is 63.1 Å². The Morgan fingerprint density at radius 1 is 1.12 bits per heavy atom. The van der Waals surface area contributed by atoms with E-state index < -0.39 is 6.10 Å². The van der Waals surface area contributed by atoms with Crippen LogP contribution < -0.4 is 0 Å². The number of benzene rings is 1. The van der Waals surface area contributed by atoms with E-state index in [0.29, 0.717) is 32.3 Å². The van der Waals surface area contributed by atoms with Crippen LogP contribution >= 0.6 is 0 Å². The van der Waals surface area contributed by atoms with Crippen molar-refractivity contribution in [1.29, 1.82) is 0 Å². The summed E-state index contributed by atoms with van der Waals surface area (Å²) in [5, 5.41) is 0. The Labute approximate surface area is 157 Å². The molecule has 144 valence electrons. The first-order chi connectivity index (χ1) is 12.7. The van der Waals surface area contributed by atoms with Crippen LogP contribution in [0.3, 0.4) is 0 Å². The van der Waals surface area contributed by atoms with Gasteiger partial charge in [0.1, 0.15) is 12.9 Å². The average molecular weight is 360 g/mol. The van der Waals surface area contributed by atoms with Crippen molar-refractivity contribution in [3.63, 3.8) is 0 Å². The van der Waals surface area contributed by atoms with E-state index in [-0.39, 0.29) is 18.4 Å². The predicted molar refractivity (Wildman–Crippen MR) is 104 cm³/mol. The molecule has 0 saturated carbocycles. The van der Waals surface area contributed by atoms with Crippen LogP contribution in [0.25, 0.3) is 0 Å². The molecule has 1 rings (SSSR count). The zero-order valence-electron chi connectivity index (χ0n) is 16.1. The topological polar surface area (TPSA) is 52.6 Å². The van der Waals surface area contributed by atoms with Crippen molar-refractivity contribution in [1.82, 2.24) is 0 Å². The SMILES string of the molecule is CCCCCC(=O)[C@H](CC/C=C/C(=O)CC)OCOCc1ccccc1. The van der Waals surface area contributed by atoms with Gasteiger partial charge in [-0.05, 0) is 30.9 Å². The Morgan fingerprint density at radius 2 is 1.88 bits per heavy atom. The van der Waals surface area contributed by atoms with Crippen molar-refractivity contribution in [3.05, 3.63) is 48.0 Å². The Kier molecular flexibility index (Phi) is 12.3. The molecule has 0 aliphatic heterocycles. The molecule has 0 radical (unpaired) electrons. The summed E-state index contributed by atoms with van der Waals surface area (Å²) in [5.41, 5.74) is 1.07. The minimum absolute atomic E-state index is 0.0939. The lowest BCUT2D eigenvalue weighted by Gasteiger charge is -2.16. The van der Waals surface area contributed by atoms with Crippen LogP contribution in [0.5, 0.6) is 0 Å². The molecule has 1 aromatic rings. The fraction of sp³-hybridized carbons (Fsp3) is 0.545. The fourth-order valence-corrected chi connectivity index (χ4v) is 2.49. The number of Topliss-reactive ketones (excluding diaryl/α,β-unsaturated/α-hetero) is 1. The van der Waals surface area contributed by atoms with E-state index in [9.17, 15) is 9.59 Å². The number of ketones is 2. The first-order valence-electron chi connectivity index (χ1n) is 9.62. The van der Waals surface area contributed by atoms with E-state index in [0.717, 1.165) is 24.8 Å². The van der Waals surface area contributed by atoms with E-state index in [1.165, 1.54) is 0 Å². The second-order valence-corrected chi connectivity index (χ2v) is 6.33. The molecule has 0 unspecified atom stereocenters. The third-order valence-corrected chi connectivity index (χ3v) is 4.10. The smallest absolute Gasteiger partial charge is 0.161 e. The van der Waals surface area contributed by atoms with Gasteiger partial charge in [0.25, 0.3) is 0 Å². The van der Waals surface area contributed by atoms with E-state index in [2.05, 4.69) is 6.92 Å². The van der Waals surface area contributed by atoms with Crippen LogP contribution in [-0.4, -0.2) is 24.5 Å². The van der Waals surface area contributed by atoms with Crippen molar-refractivity contribution in [2.45, 2.75) is 71.5 Å². The van der Waals surface area contributed by atoms with E-state index in [1.54, 1.807) is 6.08 Å². The van der Waals surface area contributed by atoms with E-state index in [1.807, 2.05) is 43.3 Å². The number of hydrogen-bond donors (Lipinski definition) is 0. The third-order valence-electron chi connectivity index (χ3n) is 4.10. The fourth-order valence-electron chi connectivity index (χ4n) is 2.49. The number of carbonyl (C=O) groups is 2. The summed E-state index contributed by atoms with van der Waals surface area (Å²) in [6, 6.07) is 9.86. The van der Waals surface area contributed by atoms with Gasteiger partial charge in [-0.15, -0.1) is 0 Å². The number of allylic oxidation sites excluding steroid dienone is 2. The highest BCUT2D eigenvalue weighted by Gasteiger charge is 2.18. The lowest BCUT2D eigenvalue weighted by molar-refractivity contribution is -0.144. The zero-order chi connectivity index (χ0) is 19.0. The van der Waals surface area contributed by atoms with Crippen LogP contribution in [0, 0.1) is 0 Å². The summed E-state index contributed by atoms with van der Waals surface area (Å²) in [5.74, 6) is 0.222. The molecule has 0 amide bonds. The number of rotatable bonds is 15. The Balaban J connectivity index is 2.41. The third kappa shape index (κ3) is 10.3. The summed E-state index contributed by atoms with van der Waals surface area (Å²) in [6.07, 6.45) is 8.23. The van der Waals surface area contributed by atoms with E-state index in [4.69, 9.17) is 9.47 Å². The Hall–Kier alpha value is -1.78. The van der Waals surface area contributed by atoms with E-state index >= 15 is 0 Å². The molecule has 1 atom stereocenters. The molecule has 26 heavy (non-hydrogen) atoms. The van der Waals surface area contributed by atoms with Crippen molar-refractivity contribution in [2.24, 2.45) is 0 Å². The highest BCUT2D eigenvalue weighted by atomic mass is 16.7. The van der Waals surface area contributed by atoms with Gasteiger partial charge in [0.15, 0.2) is 11.6 Å². The first kappa shape index (κ1) is 22.3. The highest BCUT2D eigenvalue weighted by Crippen LogP contribution is 2.11. The molecule has 4 heteroatoms. The first-order valence-corrected chi connectivity index (χ1v) is 9.62. The van der Waals surface area contributed by atoms with Crippen molar-refractivity contribution in [3.8, 4) is 0 Å². The normalized spacial score (nSPS) is 12.4. The van der Waals surface area contributed by atoms with Gasteiger partial charge in [0, 0.05) is 12.8 Å². The van der Waals surface area contributed by atoms with Gasteiger partial charge in [0.2, 0.25) is 0 Å². The summed E-state index contributed by atoms with van der Waals surface area (Å²) >= 11 is 0. The van der Waals surface area contributed by atoms with Gasteiger partial charge in [-0.25, -0.2) is 0 Å². The molecule has 0 aliphatic rings. The molecular weight excluding hydrogens is 328 g/mol. The molecule has 0 fully saturated rings. The van der Waals surface area contributed by atoms with Crippen LogP contribution in [0.4, 0.5) is 0 Å². The molecule has 0 N–H and O–H groups in total. The molecule has 0 heterocycles. The second-order valence-electron chi connectivity index (χ2n) is 6.33. The highest BCUT2D eigenvalue weighted by molar-refractivity contribution is 5.89. The number of unbranched alkanes of at least 4 members (excludes halogenated alkanes) is 2. The second kappa shape index (κ2) is 14.4. The van der Waals surface area contributed by atoms with Gasteiger partial charge >= 0.3 is 0 Å². The maximum atomic E-state index is 12.4. The molecule has 0 saturated heterocycles. The van der Waals surface area contributed by atoms with Crippen molar-refractivity contribution < 1.29 is 19.1 Å². The quantitative estimate of drug-likeness (QED) is 0.251. The zero-order valence-corrected chi connectivity index (χ0v) is 16.1. The summed E-state index contributed by atoms with van der Waals surface area (Å²) in [4.78, 5) is 23.7. The Bertz CT molecular complexity index is 536. The van der Waals surface area contributed by atoms with Crippen LogP contribution in [0.15, 0.2) is 42.5 Å². The predicted octanol–water partition coefficient (Wildman–Crippen LogP) is 5.01. The lowest BCUT2D eigenvalue weighted by Crippen LogP contribution is -2.25. The summed E-state index contributed by atoms with van der Waals surface area (Å²) in [7, 11) is 0. The minimum Gasteiger partial charge on any atom is -0.351 e. The van der Waals surface area contributed by atoms with Crippen LogP contribution in [0.2, 0.25) is 0 Å². The monoisotopic (exact) mass is 360 g/mol. The van der Waals surface area contributed by atoms with Crippen molar-refractivity contribution >= 4 is 11.6 Å². The molecule has 1 aromatic carbocycles. The van der Waals surface area contributed by atoms with Gasteiger partial charge in [0.05, 0.1) is 6.61 Å². The van der Waals surface area contributed by atoms with Crippen LogP contribution in [0.1, 0.15) is 64.4 Å². The molecule has 0 aromatic heterocycles. The summed E-state index contributed by atoms with van der Waals surface area (Å²) in [6.45, 7) is 4.50. The molecule has 0 spiro atoms. The maximum Gasteiger partial charge on any atom is 0.161 e. The summed E-state index contributed by atoms with van der Waals surface area (Å²) < 4.78 is 11.2. The Morgan fingerprint density at radius 3 is 2.58 bits per heavy atom. The number of ether oxygens (including phenoxy) is 2. The van der Waals surface area contributed by atoms with Gasteiger partial charge < -0.3 is 9.47 Å². The number of carbonyl (C=O) groups excluding carboxylic acids is 2. The molecule has 4 nitrogen and oxygen atoms in total. The largest absolute Gasteiger partial charge is 0.351 e. The minimum atomic E-state index is -0.469. The number of hydrogen-bond acceptors (Lipinski definition) is 4. The standard InChI is InChI=1S/C22H32O4/c1-3-5-7-15-21(24)22(16-11-10-14-20(23)4-2)26-18-25-17-19-12-8-6-9-13-19/h6,8-10,12-14,22H,3-5,7,11,15-18H2,1-2H3/b14-10+/t22-/m0/s1. The van der Waals surface area contributed by atoms with Crippen LogP contribution in [-0.2, 0) is 25.7 Å². The average Bonchev–Trinajstić information content (AvgIpc) is 2.67. The molecular formula is C22H32O4. The van der Waals surface area contributed by atoms with Gasteiger partial charge in [-0.2, -0.15) is 0 Å². The lowest BCUT2D eigenvalue weighted by atomic mass is 10.0. The van der Waals surface area contributed by atoms with Crippen molar-refractivity contribution in [2.75, 3.05) is 6.79 Å². The molecule has 0 bridgehead atoms. The van der Waals surface area contributed by atoms with Gasteiger partial charge in [-0.3, -0.25) is 9.59 Å².